The van der Waals surface area contributed by atoms with Crippen LogP contribution in [0.15, 0.2) is 103 Å². The van der Waals surface area contributed by atoms with E-state index in [1.54, 1.807) is 19.2 Å². The van der Waals surface area contributed by atoms with Gasteiger partial charge in [-0.15, -0.1) is 0 Å². The van der Waals surface area contributed by atoms with Crippen molar-refractivity contribution < 1.29 is 4.92 Å². The normalized spacial score (nSPS) is 10.7. The van der Waals surface area contributed by atoms with E-state index in [9.17, 15) is 10.1 Å². The molecule has 2 aromatic heterocycles. The van der Waals surface area contributed by atoms with Gasteiger partial charge < -0.3 is 5.32 Å². The molecule has 0 unspecified atom stereocenters. The molecule has 5 rings (SSSR count). The molecule has 3 aromatic carbocycles. The van der Waals surface area contributed by atoms with Crippen LogP contribution in [0.2, 0.25) is 0 Å². The molecule has 0 amide bonds. The van der Waals surface area contributed by atoms with Gasteiger partial charge in [0.05, 0.1) is 16.3 Å². The topological polar surface area (TPSA) is 93.8 Å². The molecule has 35 heavy (non-hydrogen) atoms. The van der Waals surface area contributed by atoms with E-state index in [1.165, 1.54) is 0 Å². The monoisotopic (exact) mass is 459 g/mol. The van der Waals surface area contributed by atoms with Gasteiger partial charge in [0.1, 0.15) is 0 Å². The maximum atomic E-state index is 11.6. The summed E-state index contributed by atoms with van der Waals surface area (Å²) in [6.07, 6.45) is 1.55. The van der Waals surface area contributed by atoms with Crippen molar-refractivity contribution in [3.05, 3.63) is 119 Å². The molecule has 0 aliphatic heterocycles. The second-order valence-corrected chi connectivity index (χ2v) is 7.98. The molecule has 7 heteroatoms. The summed E-state index contributed by atoms with van der Waals surface area (Å²) in [6.45, 7) is 1.69. The third-order valence-electron chi connectivity index (χ3n) is 5.56. The Balaban J connectivity index is 1.58. The number of rotatable bonds is 6. The zero-order valence-electron chi connectivity index (χ0n) is 18.9. The van der Waals surface area contributed by atoms with E-state index in [2.05, 4.69) is 10.3 Å². The predicted octanol–water partition coefficient (Wildman–Crippen LogP) is 6.83. The van der Waals surface area contributed by atoms with Crippen LogP contribution in [0.5, 0.6) is 0 Å². The first-order chi connectivity index (χ1) is 17.1. The maximum Gasteiger partial charge on any atom is 0.314 e. The zero-order chi connectivity index (χ0) is 24.2. The van der Waals surface area contributed by atoms with Crippen LogP contribution in [0.1, 0.15) is 5.56 Å². The van der Waals surface area contributed by atoms with Crippen LogP contribution >= 0.6 is 0 Å². The molecule has 1 N–H and O–H groups in total. The van der Waals surface area contributed by atoms with Crippen LogP contribution in [-0.4, -0.2) is 19.9 Å². The number of aryl methyl sites for hydroxylation is 1. The highest BCUT2D eigenvalue weighted by Gasteiger charge is 2.19. The highest BCUT2D eigenvalue weighted by molar-refractivity contribution is 5.74. The van der Waals surface area contributed by atoms with E-state index in [4.69, 9.17) is 9.97 Å². The van der Waals surface area contributed by atoms with Gasteiger partial charge in [0.2, 0.25) is 5.82 Å². The second kappa shape index (κ2) is 9.52. The third-order valence-corrected chi connectivity index (χ3v) is 5.56. The highest BCUT2D eigenvalue weighted by atomic mass is 16.6. The second-order valence-electron chi connectivity index (χ2n) is 7.98. The molecular formula is C28H21N5O2. The lowest BCUT2D eigenvalue weighted by Gasteiger charge is -2.11. The molecule has 0 saturated heterocycles. The number of nitrogens with one attached hydrogen (secondary N) is 1. The zero-order valence-corrected chi connectivity index (χ0v) is 18.9. The number of hydrogen-bond donors (Lipinski definition) is 1. The first-order valence-electron chi connectivity index (χ1n) is 11.1. The van der Waals surface area contributed by atoms with Gasteiger partial charge in [-0.2, -0.15) is 0 Å². The van der Waals surface area contributed by atoms with Crippen LogP contribution in [0.3, 0.4) is 0 Å². The number of hydrogen-bond acceptors (Lipinski definition) is 6. The summed E-state index contributed by atoms with van der Waals surface area (Å²) in [5, 5.41) is 14.7. The molecule has 0 fully saturated rings. The van der Waals surface area contributed by atoms with Crippen LogP contribution < -0.4 is 5.32 Å². The molecule has 0 aliphatic carbocycles. The van der Waals surface area contributed by atoms with Gasteiger partial charge in [-0.25, -0.2) is 15.0 Å². The van der Waals surface area contributed by atoms with Crippen molar-refractivity contribution in [2.75, 3.05) is 5.32 Å². The van der Waals surface area contributed by atoms with E-state index in [-0.39, 0.29) is 11.5 Å². The number of nitrogens with zero attached hydrogens (tertiary/aromatic N) is 4. The first kappa shape index (κ1) is 21.9. The maximum absolute atomic E-state index is 11.6. The molecule has 0 aliphatic rings. The molecule has 5 aromatic rings. The minimum Gasteiger partial charge on any atom is -0.334 e. The lowest BCUT2D eigenvalue weighted by Crippen LogP contribution is -2.02. The smallest absolute Gasteiger partial charge is 0.314 e. The molecule has 170 valence electrons. The van der Waals surface area contributed by atoms with Crippen molar-refractivity contribution in [3.63, 3.8) is 0 Å². The molecule has 0 saturated carbocycles. The lowest BCUT2D eigenvalue weighted by molar-refractivity contribution is -0.384. The van der Waals surface area contributed by atoms with E-state index >= 15 is 0 Å². The first-order valence-corrected chi connectivity index (χ1v) is 11.1. The Morgan fingerprint density at radius 3 is 1.94 bits per heavy atom. The molecule has 0 bridgehead atoms. The fraction of sp³-hybridized carbons (Fsp3) is 0.0357. The summed E-state index contributed by atoms with van der Waals surface area (Å²) in [5.74, 6) is 0.747. The molecular weight excluding hydrogens is 438 g/mol. The summed E-state index contributed by atoms with van der Waals surface area (Å²) in [4.78, 5) is 25.0. The van der Waals surface area contributed by atoms with Crippen LogP contribution in [-0.2, 0) is 0 Å². The highest BCUT2D eigenvalue weighted by Crippen LogP contribution is 2.31. The van der Waals surface area contributed by atoms with Gasteiger partial charge in [-0.1, -0.05) is 72.8 Å². The van der Waals surface area contributed by atoms with Gasteiger partial charge >= 0.3 is 5.69 Å². The van der Waals surface area contributed by atoms with Crippen molar-refractivity contribution in [2.45, 2.75) is 6.92 Å². The Bertz CT molecular complexity index is 1450. The van der Waals surface area contributed by atoms with Crippen molar-refractivity contribution in [2.24, 2.45) is 0 Å². The quantitative estimate of drug-likeness (QED) is 0.221. The Hall–Kier alpha value is -4.91. The van der Waals surface area contributed by atoms with Crippen LogP contribution in [0.4, 0.5) is 17.2 Å². The number of aromatic nitrogens is 3. The third kappa shape index (κ3) is 4.74. The minimum atomic E-state index is -0.424. The number of anilines is 2. The summed E-state index contributed by atoms with van der Waals surface area (Å²) in [5.41, 5.74) is 5.51. The molecule has 0 radical (unpaired) electrons. The molecule has 2 heterocycles. The lowest BCUT2D eigenvalue weighted by atomic mass is 10.1. The van der Waals surface area contributed by atoms with Gasteiger partial charge in [0, 0.05) is 34.1 Å². The van der Waals surface area contributed by atoms with Crippen LogP contribution in [0, 0.1) is 17.0 Å². The molecule has 0 spiro atoms. The van der Waals surface area contributed by atoms with E-state index in [0.717, 1.165) is 28.1 Å². The average molecular weight is 460 g/mol. The Morgan fingerprint density at radius 1 is 0.743 bits per heavy atom. The summed E-state index contributed by atoms with van der Waals surface area (Å²) in [6, 6.07) is 31.0. The Kier molecular flexibility index (Phi) is 5.96. The van der Waals surface area contributed by atoms with Crippen molar-refractivity contribution >= 4 is 17.2 Å². The Labute approximate surface area is 202 Å². The summed E-state index contributed by atoms with van der Waals surface area (Å²) < 4.78 is 0. The molecule has 7 nitrogen and oxygen atoms in total. The minimum absolute atomic E-state index is 0.0495. The average Bonchev–Trinajstić information content (AvgIpc) is 2.89. The van der Waals surface area contributed by atoms with Crippen molar-refractivity contribution in [3.8, 4) is 33.9 Å². The van der Waals surface area contributed by atoms with Crippen LogP contribution in [0.25, 0.3) is 33.9 Å². The van der Waals surface area contributed by atoms with Crippen molar-refractivity contribution in [1.29, 1.82) is 0 Å². The van der Waals surface area contributed by atoms with Gasteiger partial charge in [0.25, 0.3) is 0 Å². The fourth-order valence-electron chi connectivity index (χ4n) is 3.84. The van der Waals surface area contributed by atoms with E-state index < -0.39 is 4.92 Å². The van der Waals surface area contributed by atoms with Crippen molar-refractivity contribution in [1.82, 2.24) is 15.0 Å². The van der Waals surface area contributed by atoms with E-state index in [0.29, 0.717) is 17.1 Å². The standard InChI is InChI=1S/C28H21N5O2/c1-19-15-16-29-28(26(19)33(34)35)30-23-14-8-13-22(17-23)27-31-24(20-9-4-2-5-10-20)18-25(32-27)21-11-6-3-7-12-21/h2-18H,1H3,(H,29,30). The largest absolute Gasteiger partial charge is 0.334 e. The van der Waals surface area contributed by atoms with Gasteiger partial charge in [0.15, 0.2) is 5.82 Å². The SMILES string of the molecule is Cc1ccnc(Nc2cccc(-c3nc(-c4ccccc4)cc(-c4ccccc4)n3)c2)c1[N+](=O)[O-]. The number of pyridine rings is 1. The van der Waals surface area contributed by atoms with E-state index in [1.807, 2.05) is 91.0 Å². The van der Waals surface area contributed by atoms with Gasteiger partial charge in [-0.3, -0.25) is 10.1 Å². The number of benzene rings is 3. The summed E-state index contributed by atoms with van der Waals surface area (Å²) in [7, 11) is 0. The molecule has 0 atom stereocenters. The number of nitro groups is 1. The fourth-order valence-corrected chi connectivity index (χ4v) is 3.84. The van der Waals surface area contributed by atoms with Gasteiger partial charge in [-0.05, 0) is 31.2 Å². The predicted molar refractivity (Wildman–Crippen MR) is 137 cm³/mol. The Morgan fingerprint density at radius 2 is 1.34 bits per heavy atom. The summed E-state index contributed by atoms with van der Waals surface area (Å²) >= 11 is 0.